The van der Waals surface area contributed by atoms with Crippen LogP contribution in [0.3, 0.4) is 0 Å². The van der Waals surface area contributed by atoms with Crippen molar-refractivity contribution in [1.29, 1.82) is 5.26 Å². The number of hydrogen-bond donors (Lipinski definition) is 0. The highest BCUT2D eigenvalue weighted by Crippen LogP contribution is 2.26. The molecular formula is C18H19N3O. The third kappa shape index (κ3) is 3.63. The lowest BCUT2D eigenvalue weighted by atomic mass is 10.1. The molecule has 0 spiro atoms. The minimum Gasteiger partial charge on any atom is -0.439 e. The smallest absolute Gasteiger partial charge is 0.219 e. The fourth-order valence-corrected chi connectivity index (χ4v) is 2.71. The zero-order chi connectivity index (χ0) is 15.2. The quantitative estimate of drug-likeness (QED) is 0.861. The molecule has 0 saturated carbocycles. The van der Waals surface area contributed by atoms with Gasteiger partial charge in [0.2, 0.25) is 5.88 Å². The van der Waals surface area contributed by atoms with Gasteiger partial charge in [-0.15, -0.1) is 0 Å². The van der Waals surface area contributed by atoms with E-state index in [2.05, 4.69) is 22.0 Å². The Morgan fingerprint density at radius 2 is 1.91 bits per heavy atom. The summed E-state index contributed by atoms with van der Waals surface area (Å²) >= 11 is 0. The zero-order valence-electron chi connectivity index (χ0n) is 12.5. The molecule has 1 aromatic heterocycles. The number of aromatic nitrogens is 1. The van der Waals surface area contributed by atoms with Gasteiger partial charge in [0.05, 0.1) is 5.56 Å². The molecule has 2 heterocycles. The summed E-state index contributed by atoms with van der Waals surface area (Å²) in [7, 11) is 0. The van der Waals surface area contributed by atoms with Crippen LogP contribution in [0.15, 0.2) is 42.6 Å². The molecule has 4 nitrogen and oxygen atoms in total. The minimum atomic E-state index is 0.519. The molecule has 2 aromatic rings. The van der Waals surface area contributed by atoms with Crippen molar-refractivity contribution in [3.8, 4) is 17.7 Å². The summed E-state index contributed by atoms with van der Waals surface area (Å²) in [6.07, 6.45) is 5.42. The first kappa shape index (κ1) is 14.6. The van der Waals surface area contributed by atoms with E-state index < -0.39 is 0 Å². The fourth-order valence-electron chi connectivity index (χ4n) is 2.71. The third-order valence-corrected chi connectivity index (χ3v) is 3.90. The summed E-state index contributed by atoms with van der Waals surface area (Å²) < 4.78 is 5.90. The third-order valence-electron chi connectivity index (χ3n) is 3.90. The molecule has 0 aliphatic carbocycles. The van der Waals surface area contributed by atoms with Crippen LogP contribution in [0.4, 0.5) is 0 Å². The number of pyridine rings is 1. The number of benzene rings is 1. The number of likely N-dealkylation sites (tertiary alicyclic amines) is 1. The molecule has 1 aliphatic rings. The fraction of sp³-hybridized carbons (Fsp3) is 0.333. The van der Waals surface area contributed by atoms with Gasteiger partial charge in [-0.05, 0) is 38.1 Å². The lowest BCUT2D eigenvalue weighted by molar-refractivity contribution is 0.219. The molecule has 4 heteroatoms. The standard InChI is InChI=1S/C18H19N3O/c19-12-15-8-9-18(20-13-15)22-17-7-3-2-6-16(17)14-21-10-4-1-5-11-21/h2-3,6-9,13H,1,4-5,10-11,14H2. The van der Waals surface area contributed by atoms with Crippen LogP contribution >= 0.6 is 0 Å². The topological polar surface area (TPSA) is 49.1 Å². The number of nitrogens with zero attached hydrogens (tertiary/aromatic N) is 3. The molecule has 0 N–H and O–H groups in total. The molecule has 1 aliphatic heterocycles. The molecule has 22 heavy (non-hydrogen) atoms. The summed E-state index contributed by atoms with van der Waals surface area (Å²) in [6.45, 7) is 3.22. The van der Waals surface area contributed by atoms with Crippen LogP contribution in [0, 0.1) is 11.3 Å². The van der Waals surface area contributed by atoms with Gasteiger partial charge in [-0.25, -0.2) is 4.98 Å². The second-order valence-electron chi connectivity index (χ2n) is 5.54. The van der Waals surface area contributed by atoms with Crippen molar-refractivity contribution in [3.05, 3.63) is 53.7 Å². The summed E-state index contributed by atoms with van der Waals surface area (Å²) in [5, 5.41) is 8.81. The number of nitriles is 1. The molecule has 1 saturated heterocycles. The highest BCUT2D eigenvalue weighted by atomic mass is 16.5. The Balaban J connectivity index is 1.73. The number of rotatable bonds is 4. The molecule has 112 valence electrons. The van der Waals surface area contributed by atoms with Crippen molar-refractivity contribution >= 4 is 0 Å². The predicted molar refractivity (Wildman–Crippen MR) is 84.6 cm³/mol. The first-order valence-electron chi connectivity index (χ1n) is 7.69. The van der Waals surface area contributed by atoms with Gasteiger partial charge < -0.3 is 4.74 Å². The Morgan fingerprint density at radius 1 is 1.09 bits per heavy atom. The number of hydrogen-bond acceptors (Lipinski definition) is 4. The van der Waals surface area contributed by atoms with E-state index in [1.54, 1.807) is 12.1 Å². The van der Waals surface area contributed by atoms with Crippen LogP contribution in [0.5, 0.6) is 11.6 Å². The van der Waals surface area contributed by atoms with Crippen molar-refractivity contribution in [2.75, 3.05) is 13.1 Å². The largest absolute Gasteiger partial charge is 0.439 e. The minimum absolute atomic E-state index is 0.519. The Hall–Kier alpha value is -2.38. The monoisotopic (exact) mass is 293 g/mol. The van der Waals surface area contributed by atoms with Gasteiger partial charge in [-0.3, -0.25) is 4.90 Å². The van der Waals surface area contributed by atoms with E-state index in [9.17, 15) is 0 Å². The van der Waals surface area contributed by atoms with Gasteiger partial charge in [0.1, 0.15) is 11.8 Å². The van der Waals surface area contributed by atoms with Crippen molar-refractivity contribution < 1.29 is 4.74 Å². The van der Waals surface area contributed by atoms with Crippen LogP contribution < -0.4 is 4.74 Å². The first-order chi connectivity index (χ1) is 10.8. The molecule has 0 atom stereocenters. The van der Waals surface area contributed by atoms with Crippen LogP contribution in [0.1, 0.15) is 30.4 Å². The number of ether oxygens (including phenoxy) is 1. The normalized spacial score (nSPS) is 15.2. The van der Waals surface area contributed by atoms with Crippen LogP contribution in [-0.2, 0) is 6.54 Å². The maximum atomic E-state index is 8.81. The van der Waals surface area contributed by atoms with Crippen molar-refractivity contribution in [2.45, 2.75) is 25.8 Å². The van der Waals surface area contributed by atoms with Gasteiger partial charge in [0, 0.05) is 24.4 Å². The number of piperidine rings is 1. The van der Waals surface area contributed by atoms with E-state index in [4.69, 9.17) is 10.00 Å². The van der Waals surface area contributed by atoms with Crippen LogP contribution in [-0.4, -0.2) is 23.0 Å². The second-order valence-corrected chi connectivity index (χ2v) is 5.54. The number of para-hydroxylation sites is 1. The Bertz CT molecular complexity index is 655. The molecule has 1 fully saturated rings. The van der Waals surface area contributed by atoms with E-state index in [1.807, 2.05) is 18.2 Å². The average Bonchev–Trinajstić information content (AvgIpc) is 2.58. The van der Waals surface area contributed by atoms with Gasteiger partial charge >= 0.3 is 0 Å². The summed E-state index contributed by atoms with van der Waals surface area (Å²) in [4.78, 5) is 6.64. The van der Waals surface area contributed by atoms with Crippen molar-refractivity contribution in [1.82, 2.24) is 9.88 Å². The highest BCUT2D eigenvalue weighted by Gasteiger charge is 2.13. The first-order valence-corrected chi connectivity index (χ1v) is 7.69. The van der Waals surface area contributed by atoms with Crippen molar-refractivity contribution in [2.24, 2.45) is 0 Å². The molecule has 3 rings (SSSR count). The summed E-state index contributed by atoms with van der Waals surface area (Å²) in [6, 6.07) is 13.6. The highest BCUT2D eigenvalue weighted by molar-refractivity contribution is 5.37. The molecule has 0 radical (unpaired) electrons. The van der Waals surface area contributed by atoms with Crippen LogP contribution in [0.2, 0.25) is 0 Å². The van der Waals surface area contributed by atoms with Crippen LogP contribution in [0.25, 0.3) is 0 Å². The maximum absolute atomic E-state index is 8.81. The lowest BCUT2D eigenvalue weighted by Gasteiger charge is -2.27. The van der Waals surface area contributed by atoms with Gasteiger partial charge in [0.25, 0.3) is 0 Å². The Labute approximate surface area is 131 Å². The molecular weight excluding hydrogens is 274 g/mol. The molecule has 0 bridgehead atoms. The van der Waals surface area contributed by atoms with Gasteiger partial charge in [-0.1, -0.05) is 24.6 Å². The zero-order valence-corrected chi connectivity index (χ0v) is 12.5. The lowest BCUT2D eigenvalue weighted by Crippen LogP contribution is -2.29. The van der Waals surface area contributed by atoms with E-state index >= 15 is 0 Å². The van der Waals surface area contributed by atoms with Gasteiger partial charge in [-0.2, -0.15) is 5.26 Å². The van der Waals surface area contributed by atoms with E-state index in [1.165, 1.54) is 31.0 Å². The molecule has 0 unspecified atom stereocenters. The second kappa shape index (κ2) is 7.06. The van der Waals surface area contributed by atoms with Gasteiger partial charge in [0.15, 0.2) is 0 Å². The Kier molecular flexibility index (Phi) is 4.67. The Morgan fingerprint density at radius 3 is 2.64 bits per heavy atom. The van der Waals surface area contributed by atoms with E-state index in [0.29, 0.717) is 11.4 Å². The van der Waals surface area contributed by atoms with Crippen molar-refractivity contribution in [3.63, 3.8) is 0 Å². The van der Waals surface area contributed by atoms with E-state index in [-0.39, 0.29) is 0 Å². The summed E-state index contributed by atoms with van der Waals surface area (Å²) in [5.41, 5.74) is 1.71. The SMILES string of the molecule is N#Cc1ccc(Oc2ccccc2CN2CCCCC2)nc1. The predicted octanol–water partition coefficient (Wildman–Crippen LogP) is 3.73. The summed E-state index contributed by atoms with van der Waals surface area (Å²) in [5.74, 6) is 1.36. The van der Waals surface area contributed by atoms with E-state index in [0.717, 1.165) is 25.4 Å². The molecule has 1 aromatic carbocycles. The maximum Gasteiger partial charge on any atom is 0.219 e. The average molecular weight is 293 g/mol. The molecule has 0 amide bonds.